The first-order valence-electron chi connectivity index (χ1n) is 7.57. The lowest BCUT2D eigenvalue weighted by atomic mass is 10.2. The average Bonchev–Trinajstić information content (AvgIpc) is 2.97. The van der Waals surface area contributed by atoms with E-state index in [9.17, 15) is 0 Å². The van der Waals surface area contributed by atoms with Crippen LogP contribution >= 0.6 is 0 Å². The van der Waals surface area contributed by atoms with E-state index in [-0.39, 0.29) is 0 Å². The van der Waals surface area contributed by atoms with E-state index < -0.39 is 0 Å². The Morgan fingerprint density at radius 1 is 1.45 bits per heavy atom. The molecule has 1 saturated heterocycles. The number of rotatable bonds is 6. The largest absolute Gasteiger partial charge is 0.376 e. The van der Waals surface area contributed by atoms with Crippen molar-refractivity contribution in [2.45, 2.75) is 45.6 Å². The molecule has 0 bridgehead atoms. The van der Waals surface area contributed by atoms with Gasteiger partial charge in [0.2, 0.25) is 0 Å². The molecule has 20 heavy (non-hydrogen) atoms. The van der Waals surface area contributed by atoms with E-state index in [0.717, 1.165) is 43.6 Å². The molecule has 5 heteroatoms. The summed E-state index contributed by atoms with van der Waals surface area (Å²) in [6, 6.07) is 2.02. The Kier molecular flexibility index (Phi) is 5.17. The number of hydrogen-bond acceptors (Lipinski definition) is 5. The van der Waals surface area contributed by atoms with Crippen LogP contribution in [-0.4, -0.2) is 42.8 Å². The van der Waals surface area contributed by atoms with Crippen LogP contribution in [0, 0.1) is 0 Å². The van der Waals surface area contributed by atoms with Crippen LogP contribution in [0.15, 0.2) is 6.07 Å². The van der Waals surface area contributed by atoms with E-state index in [0.29, 0.717) is 12.0 Å². The molecule has 2 heterocycles. The normalized spacial score (nSPS) is 18.6. The lowest BCUT2D eigenvalue weighted by molar-refractivity contribution is 0.115. The first-order valence-corrected chi connectivity index (χ1v) is 7.57. The minimum Gasteiger partial charge on any atom is -0.376 e. The molecule has 1 fully saturated rings. The number of nitrogens with zero attached hydrogens (tertiary/aromatic N) is 3. The third kappa shape index (κ3) is 3.60. The molecule has 0 amide bonds. The molecule has 1 aliphatic heterocycles. The molecule has 112 valence electrons. The van der Waals surface area contributed by atoms with Gasteiger partial charge in [0, 0.05) is 38.7 Å². The Morgan fingerprint density at radius 2 is 2.25 bits per heavy atom. The van der Waals surface area contributed by atoms with Crippen LogP contribution in [0.4, 0.5) is 11.6 Å². The molecule has 1 aromatic heterocycles. The van der Waals surface area contributed by atoms with Crippen molar-refractivity contribution >= 4 is 11.6 Å². The molecule has 0 spiro atoms. The van der Waals surface area contributed by atoms with Crippen LogP contribution in [0.2, 0.25) is 0 Å². The molecule has 1 unspecified atom stereocenters. The van der Waals surface area contributed by atoms with Gasteiger partial charge in [-0.2, -0.15) is 0 Å². The summed E-state index contributed by atoms with van der Waals surface area (Å²) in [5.41, 5.74) is 0. The number of nitrogens with one attached hydrogen (secondary N) is 1. The third-order valence-electron chi connectivity index (χ3n) is 3.66. The van der Waals surface area contributed by atoms with Gasteiger partial charge in [-0.1, -0.05) is 13.8 Å². The predicted molar refractivity (Wildman–Crippen MR) is 82.5 cm³/mol. The Labute approximate surface area is 121 Å². The zero-order valence-corrected chi connectivity index (χ0v) is 13.0. The van der Waals surface area contributed by atoms with Gasteiger partial charge in [0.05, 0.1) is 6.10 Å². The summed E-state index contributed by atoms with van der Waals surface area (Å²) in [4.78, 5) is 11.5. The maximum Gasteiger partial charge on any atom is 0.135 e. The molecule has 5 nitrogen and oxygen atoms in total. The first kappa shape index (κ1) is 15.0. The van der Waals surface area contributed by atoms with Gasteiger partial charge in [-0.25, -0.2) is 9.97 Å². The van der Waals surface area contributed by atoms with Gasteiger partial charge in [0.1, 0.15) is 17.5 Å². The maximum atomic E-state index is 5.74. The van der Waals surface area contributed by atoms with Crippen LogP contribution in [0.5, 0.6) is 0 Å². The van der Waals surface area contributed by atoms with E-state index >= 15 is 0 Å². The molecule has 1 aromatic rings. The third-order valence-corrected chi connectivity index (χ3v) is 3.66. The second-order valence-corrected chi connectivity index (χ2v) is 5.55. The molecule has 0 aromatic carbocycles. The summed E-state index contributed by atoms with van der Waals surface area (Å²) in [7, 11) is 1.90. The van der Waals surface area contributed by atoms with E-state index in [1.165, 1.54) is 6.42 Å². The van der Waals surface area contributed by atoms with Crippen LogP contribution in [-0.2, 0) is 4.74 Å². The highest BCUT2D eigenvalue weighted by molar-refractivity contribution is 5.49. The Hall–Kier alpha value is -1.36. The molecular formula is C15H26N4O. The predicted octanol–water partition coefficient (Wildman–Crippen LogP) is 2.65. The van der Waals surface area contributed by atoms with Crippen LogP contribution in [0.25, 0.3) is 0 Å². The van der Waals surface area contributed by atoms with Crippen molar-refractivity contribution in [1.82, 2.24) is 9.97 Å². The summed E-state index contributed by atoms with van der Waals surface area (Å²) in [5, 5.41) is 3.13. The van der Waals surface area contributed by atoms with Crippen molar-refractivity contribution in [3.63, 3.8) is 0 Å². The fourth-order valence-electron chi connectivity index (χ4n) is 2.42. The van der Waals surface area contributed by atoms with Crippen LogP contribution in [0.3, 0.4) is 0 Å². The highest BCUT2D eigenvalue weighted by atomic mass is 16.5. The quantitative estimate of drug-likeness (QED) is 0.867. The molecule has 1 aliphatic rings. The summed E-state index contributed by atoms with van der Waals surface area (Å²) < 4.78 is 5.74. The number of hydrogen-bond donors (Lipinski definition) is 1. The molecule has 0 radical (unpaired) electrons. The monoisotopic (exact) mass is 278 g/mol. The first-order chi connectivity index (χ1) is 9.63. The summed E-state index contributed by atoms with van der Waals surface area (Å²) in [6.45, 7) is 9.13. The van der Waals surface area contributed by atoms with Crippen molar-refractivity contribution in [1.29, 1.82) is 0 Å². The van der Waals surface area contributed by atoms with Crippen molar-refractivity contribution < 1.29 is 4.74 Å². The van der Waals surface area contributed by atoms with Gasteiger partial charge >= 0.3 is 0 Å². The summed E-state index contributed by atoms with van der Waals surface area (Å²) >= 11 is 0. The standard InChI is InChI=1S/C15H26N4O/c1-5-19(10-12-7-6-8-20-12)14-9-13(16-4)17-15(18-14)11(2)3/h9,11-12H,5-8,10H2,1-4H3,(H,16,17,18). The topological polar surface area (TPSA) is 50.3 Å². The minimum absolute atomic E-state index is 0.323. The fraction of sp³-hybridized carbons (Fsp3) is 0.733. The lowest BCUT2D eigenvalue weighted by Crippen LogP contribution is -2.33. The van der Waals surface area contributed by atoms with Gasteiger partial charge in [-0.3, -0.25) is 0 Å². The SMILES string of the molecule is CCN(CC1CCCO1)c1cc(NC)nc(C(C)C)n1. The van der Waals surface area contributed by atoms with Crippen LogP contribution < -0.4 is 10.2 Å². The summed E-state index contributed by atoms with van der Waals surface area (Å²) in [5.74, 6) is 3.08. The second kappa shape index (κ2) is 6.88. The molecule has 1 atom stereocenters. The van der Waals surface area contributed by atoms with E-state index in [1.54, 1.807) is 0 Å². The fourth-order valence-corrected chi connectivity index (χ4v) is 2.42. The van der Waals surface area contributed by atoms with Crippen molar-refractivity contribution in [2.75, 3.05) is 37.0 Å². The highest BCUT2D eigenvalue weighted by Crippen LogP contribution is 2.22. The van der Waals surface area contributed by atoms with E-state index in [4.69, 9.17) is 9.72 Å². The van der Waals surface area contributed by atoms with E-state index in [1.807, 2.05) is 13.1 Å². The Balaban J connectivity index is 2.20. The van der Waals surface area contributed by atoms with E-state index in [2.05, 4.69) is 36.0 Å². The Morgan fingerprint density at radius 3 is 2.80 bits per heavy atom. The summed E-state index contributed by atoms with van der Waals surface area (Å²) in [6.07, 6.45) is 2.66. The smallest absolute Gasteiger partial charge is 0.135 e. The molecule has 1 N–H and O–H groups in total. The van der Waals surface area contributed by atoms with Crippen molar-refractivity contribution in [3.8, 4) is 0 Å². The van der Waals surface area contributed by atoms with Crippen molar-refractivity contribution in [3.05, 3.63) is 11.9 Å². The number of likely N-dealkylation sites (N-methyl/N-ethyl adjacent to an activating group) is 1. The van der Waals surface area contributed by atoms with Gasteiger partial charge < -0.3 is 15.0 Å². The van der Waals surface area contributed by atoms with Gasteiger partial charge in [-0.05, 0) is 19.8 Å². The molecule has 0 aliphatic carbocycles. The van der Waals surface area contributed by atoms with Crippen molar-refractivity contribution in [2.24, 2.45) is 0 Å². The molecule has 0 saturated carbocycles. The highest BCUT2D eigenvalue weighted by Gasteiger charge is 2.20. The zero-order chi connectivity index (χ0) is 14.5. The zero-order valence-electron chi connectivity index (χ0n) is 13.0. The molecule has 2 rings (SSSR count). The average molecular weight is 278 g/mol. The molecular weight excluding hydrogens is 252 g/mol. The minimum atomic E-state index is 0.323. The van der Waals surface area contributed by atoms with Crippen LogP contribution in [0.1, 0.15) is 45.4 Å². The second-order valence-electron chi connectivity index (χ2n) is 5.55. The van der Waals surface area contributed by atoms with Gasteiger partial charge in [0.25, 0.3) is 0 Å². The number of anilines is 2. The number of ether oxygens (including phenoxy) is 1. The van der Waals surface area contributed by atoms with Gasteiger partial charge in [-0.15, -0.1) is 0 Å². The van der Waals surface area contributed by atoms with Gasteiger partial charge in [0.15, 0.2) is 0 Å². The maximum absolute atomic E-state index is 5.74. The Bertz CT molecular complexity index is 430. The lowest BCUT2D eigenvalue weighted by Gasteiger charge is -2.26. The number of aromatic nitrogens is 2.